The zero-order valence-corrected chi connectivity index (χ0v) is 11.4. The zero-order chi connectivity index (χ0) is 12.8. The van der Waals surface area contributed by atoms with Crippen LogP contribution in [0.1, 0.15) is 31.4 Å². The number of ether oxygens (including phenoxy) is 1. The molecular formula is C15H24N2O. The molecule has 1 aliphatic heterocycles. The minimum atomic E-state index is 0.450. The Morgan fingerprint density at radius 1 is 1.39 bits per heavy atom. The predicted octanol–water partition coefficient (Wildman–Crippen LogP) is 2.35. The molecule has 1 saturated heterocycles. The molecule has 0 radical (unpaired) electrons. The average molecular weight is 248 g/mol. The van der Waals surface area contributed by atoms with E-state index in [1.165, 1.54) is 24.9 Å². The van der Waals surface area contributed by atoms with E-state index in [4.69, 9.17) is 4.74 Å². The largest absolute Gasteiger partial charge is 0.494 e. The van der Waals surface area contributed by atoms with Crippen LogP contribution in [0, 0.1) is 5.92 Å². The molecule has 1 aromatic rings. The molecule has 2 rings (SSSR count). The summed E-state index contributed by atoms with van der Waals surface area (Å²) in [6, 6.07) is 8.93. The molecular weight excluding hydrogens is 224 g/mol. The lowest BCUT2D eigenvalue weighted by atomic mass is 9.94. The molecule has 1 aromatic carbocycles. The number of hydrogen-bond acceptors (Lipinski definition) is 3. The highest BCUT2D eigenvalue weighted by Crippen LogP contribution is 2.25. The molecule has 2 N–H and O–H groups in total. The first-order chi connectivity index (χ1) is 8.83. The van der Waals surface area contributed by atoms with Crippen molar-refractivity contribution in [3.8, 4) is 5.75 Å². The van der Waals surface area contributed by atoms with E-state index in [1.807, 2.05) is 14.0 Å². The first-order valence-electron chi connectivity index (χ1n) is 6.94. The van der Waals surface area contributed by atoms with Crippen LogP contribution in [-0.4, -0.2) is 26.7 Å². The van der Waals surface area contributed by atoms with E-state index in [0.29, 0.717) is 6.04 Å². The van der Waals surface area contributed by atoms with E-state index in [1.54, 1.807) is 0 Å². The van der Waals surface area contributed by atoms with Crippen molar-refractivity contribution in [1.29, 1.82) is 0 Å². The van der Waals surface area contributed by atoms with Gasteiger partial charge in [-0.15, -0.1) is 0 Å². The molecule has 2 atom stereocenters. The Kier molecular flexibility index (Phi) is 5.02. The van der Waals surface area contributed by atoms with Crippen LogP contribution < -0.4 is 15.4 Å². The first kappa shape index (κ1) is 13.4. The summed E-state index contributed by atoms with van der Waals surface area (Å²) in [7, 11) is 2.05. The maximum absolute atomic E-state index is 5.48. The Balaban J connectivity index is 1.97. The molecule has 3 nitrogen and oxygen atoms in total. The van der Waals surface area contributed by atoms with E-state index < -0.39 is 0 Å². The van der Waals surface area contributed by atoms with Gasteiger partial charge in [-0.25, -0.2) is 0 Å². The third kappa shape index (κ3) is 3.47. The molecule has 1 fully saturated rings. The van der Waals surface area contributed by atoms with Crippen molar-refractivity contribution in [2.24, 2.45) is 5.92 Å². The molecule has 0 aromatic heterocycles. The molecule has 18 heavy (non-hydrogen) atoms. The number of nitrogens with one attached hydrogen (secondary N) is 2. The Morgan fingerprint density at radius 2 is 2.17 bits per heavy atom. The van der Waals surface area contributed by atoms with Crippen LogP contribution in [-0.2, 0) is 0 Å². The maximum atomic E-state index is 5.48. The second-order valence-electron chi connectivity index (χ2n) is 4.94. The standard InChI is InChI=1S/C15H24N2O/c1-3-18-14-6-4-13(5-7-14)15(16-2)10-12-8-9-17-11-12/h4-7,12,15-17H,3,8-11H2,1-2H3. The highest BCUT2D eigenvalue weighted by Gasteiger charge is 2.19. The van der Waals surface area contributed by atoms with Crippen LogP contribution in [0.2, 0.25) is 0 Å². The normalized spacial score (nSPS) is 20.9. The lowest BCUT2D eigenvalue weighted by Crippen LogP contribution is -2.21. The van der Waals surface area contributed by atoms with Gasteiger partial charge in [0.25, 0.3) is 0 Å². The highest BCUT2D eigenvalue weighted by molar-refractivity contribution is 5.29. The van der Waals surface area contributed by atoms with Gasteiger partial charge in [-0.3, -0.25) is 0 Å². The first-order valence-corrected chi connectivity index (χ1v) is 6.94. The SMILES string of the molecule is CCOc1ccc(C(CC2CCNC2)NC)cc1. The van der Waals surface area contributed by atoms with Gasteiger partial charge in [-0.1, -0.05) is 12.1 Å². The van der Waals surface area contributed by atoms with Gasteiger partial charge in [0.15, 0.2) is 0 Å². The van der Waals surface area contributed by atoms with E-state index in [9.17, 15) is 0 Å². The van der Waals surface area contributed by atoms with Crippen molar-refractivity contribution in [2.45, 2.75) is 25.8 Å². The van der Waals surface area contributed by atoms with E-state index in [2.05, 4.69) is 34.9 Å². The minimum Gasteiger partial charge on any atom is -0.494 e. The van der Waals surface area contributed by atoms with Gasteiger partial charge in [0.1, 0.15) is 5.75 Å². The van der Waals surface area contributed by atoms with Crippen LogP contribution in [0.3, 0.4) is 0 Å². The summed E-state index contributed by atoms with van der Waals surface area (Å²) in [6.45, 7) is 5.07. The second kappa shape index (κ2) is 6.76. The topological polar surface area (TPSA) is 33.3 Å². The van der Waals surface area contributed by atoms with Crippen molar-refractivity contribution >= 4 is 0 Å². The summed E-state index contributed by atoms with van der Waals surface area (Å²) >= 11 is 0. The van der Waals surface area contributed by atoms with Crippen LogP contribution in [0.25, 0.3) is 0 Å². The highest BCUT2D eigenvalue weighted by atomic mass is 16.5. The molecule has 0 spiro atoms. The third-order valence-electron chi connectivity index (χ3n) is 3.67. The molecule has 0 saturated carbocycles. The molecule has 0 aliphatic carbocycles. The summed E-state index contributed by atoms with van der Waals surface area (Å²) in [5.41, 5.74) is 1.35. The fourth-order valence-electron chi connectivity index (χ4n) is 2.63. The fraction of sp³-hybridized carbons (Fsp3) is 0.600. The Morgan fingerprint density at radius 3 is 2.72 bits per heavy atom. The lowest BCUT2D eigenvalue weighted by molar-refractivity contribution is 0.340. The van der Waals surface area contributed by atoms with Gasteiger partial charge >= 0.3 is 0 Å². The molecule has 1 aliphatic rings. The number of benzene rings is 1. The fourth-order valence-corrected chi connectivity index (χ4v) is 2.63. The maximum Gasteiger partial charge on any atom is 0.119 e. The summed E-state index contributed by atoms with van der Waals surface area (Å²) in [6.07, 6.45) is 2.51. The Labute approximate surface area is 110 Å². The lowest BCUT2D eigenvalue weighted by Gasteiger charge is -2.20. The van der Waals surface area contributed by atoms with Gasteiger partial charge < -0.3 is 15.4 Å². The van der Waals surface area contributed by atoms with E-state index in [-0.39, 0.29) is 0 Å². The van der Waals surface area contributed by atoms with E-state index in [0.717, 1.165) is 24.8 Å². The monoisotopic (exact) mass is 248 g/mol. The van der Waals surface area contributed by atoms with E-state index >= 15 is 0 Å². The average Bonchev–Trinajstić information content (AvgIpc) is 2.90. The van der Waals surface area contributed by atoms with Crippen molar-refractivity contribution in [1.82, 2.24) is 10.6 Å². The Bertz CT molecular complexity index is 344. The van der Waals surface area contributed by atoms with Crippen LogP contribution in [0.5, 0.6) is 5.75 Å². The van der Waals surface area contributed by atoms with Crippen LogP contribution >= 0.6 is 0 Å². The zero-order valence-electron chi connectivity index (χ0n) is 11.4. The second-order valence-corrected chi connectivity index (χ2v) is 4.94. The Hall–Kier alpha value is -1.06. The minimum absolute atomic E-state index is 0.450. The molecule has 100 valence electrons. The van der Waals surface area contributed by atoms with Crippen LogP contribution in [0.15, 0.2) is 24.3 Å². The quantitative estimate of drug-likeness (QED) is 0.810. The number of rotatable bonds is 6. The van der Waals surface area contributed by atoms with Gasteiger partial charge in [-0.2, -0.15) is 0 Å². The van der Waals surface area contributed by atoms with Crippen molar-refractivity contribution < 1.29 is 4.74 Å². The van der Waals surface area contributed by atoms with Gasteiger partial charge in [0.05, 0.1) is 6.61 Å². The van der Waals surface area contributed by atoms with Gasteiger partial charge in [0, 0.05) is 6.04 Å². The summed E-state index contributed by atoms with van der Waals surface area (Å²) in [5, 5.41) is 6.86. The molecule has 1 heterocycles. The van der Waals surface area contributed by atoms with Gasteiger partial charge in [0.2, 0.25) is 0 Å². The van der Waals surface area contributed by atoms with Crippen molar-refractivity contribution in [3.05, 3.63) is 29.8 Å². The molecule has 0 amide bonds. The van der Waals surface area contributed by atoms with Crippen LogP contribution in [0.4, 0.5) is 0 Å². The summed E-state index contributed by atoms with van der Waals surface area (Å²) in [4.78, 5) is 0. The predicted molar refractivity (Wildman–Crippen MR) is 75.0 cm³/mol. The smallest absolute Gasteiger partial charge is 0.119 e. The molecule has 2 unspecified atom stereocenters. The summed E-state index contributed by atoms with van der Waals surface area (Å²) < 4.78 is 5.48. The van der Waals surface area contributed by atoms with Crippen molar-refractivity contribution in [3.63, 3.8) is 0 Å². The third-order valence-corrected chi connectivity index (χ3v) is 3.67. The molecule has 3 heteroatoms. The molecule has 0 bridgehead atoms. The summed E-state index contributed by atoms with van der Waals surface area (Å²) in [5.74, 6) is 1.76. The van der Waals surface area contributed by atoms with Gasteiger partial charge in [-0.05, 0) is 63.5 Å². The van der Waals surface area contributed by atoms with Crippen molar-refractivity contribution in [2.75, 3.05) is 26.7 Å². The number of hydrogen-bond donors (Lipinski definition) is 2.